The summed E-state index contributed by atoms with van der Waals surface area (Å²) < 4.78 is 34.0. The average Bonchev–Trinajstić information content (AvgIpc) is 2.91. The fourth-order valence-corrected chi connectivity index (χ4v) is 5.24. The molecule has 5 nitrogen and oxygen atoms in total. The summed E-state index contributed by atoms with van der Waals surface area (Å²) in [6, 6.07) is 4.89. The van der Waals surface area contributed by atoms with Gasteiger partial charge in [-0.05, 0) is 54.9 Å². The molecular formula is C12H12Br2N2O3S2. The highest BCUT2D eigenvalue weighted by molar-refractivity contribution is 9.11. The van der Waals surface area contributed by atoms with E-state index < -0.39 is 10.0 Å². The van der Waals surface area contributed by atoms with E-state index in [4.69, 9.17) is 10.5 Å². The lowest BCUT2D eigenvalue weighted by Crippen LogP contribution is -2.12. The van der Waals surface area contributed by atoms with E-state index >= 15 is 0 Å². The maximum absolute atomic E-state index is 12.4. The molecule has 0 aliphatic heterocycles. The van der Waals surface area contributed by atoms with Crippen molar-refractivity contribution < 1.29 is 13.2 Å². The Morgan fingerprint density at radius 1 is 1.29 bits per heavy atom. The summed E-state index contributed by atoms with van der Waals surface area (Å²) >= 11 is 7.79. The number of anilines is 1. The SMILES string of the molecule is COc1cc(NS(=O)(=O)c2cc(CN)cs2)c(Br)cc1Br. The molecule has 1 aromatic heterocycles. The number of hydrogen-bond donors (Lipinski definition) is 2. The number of hydrogen-bond acceptors (Lipinski definition) is 5. The molecule has 9 heteroatoms. The fraction of sp³-hybridized carbons (Fsp3) is 0.167. The first-order valence-corrected chi connectivity index (χ1v) is 9.65. The zero-order valence-electron chi connectivity index (χ0n) is 10.9. The Morgan fingerprint density at radius 2 is 2.00 bits per heavy atom. The smallest absolute Gasteiger partial charge is 0.271 e. The molecule has 1 heterocycles. The summed E-state index contributed by atoms with van der Waals surface area (Å²) in [6.45, 7) is 0.307. The van der Waals surface area contributed by atoms with Crippen LogP contribution in [0.3, 0.4) is 0 Å². The first-order valence-electron chi connectivity index (χ1n) is 5.70. The van der Waals surface area contributed by atoms with Crippen molar-refractivity contribution in [2.75, 3.05) is 11.8 Å². The van der Waals surface area contributed by atoms with Gasteiger partial charge in [-0.2, -0.15) is 0 Å². The van der Waals surface area contributed by atoms with Crippen molar-refractivity contribution in [1.82, 2.24) is 0 Å². The monoisotopic (exact) mass is 454 g/mol. The van der Waals surface area contributed by atoms with Crippen LogP contribution in [0.2, 0.25) is 0 Å². The third kappa shape index (κ3) is 3.78. The molecule has 2 aromatic rings. The van der Waals surface area contributed by atoms with Gasteiger partial charge in [-0.15, -0.1) is 11.3 Å². The average molecular weight is 456 g/mol. The maximum atomic E-state index is 12.4. The van der Waals surface area contributed by atoms with Crippen LogP contribution in [0.4, 0.5) is 5.69 Å². The molecule has 0 bridgehead atoms. The highest BCUT2D eigenvalue weighted by atomic mass is 79.9. The van der Waals surface area contributed by atoms with Gasteiger partial charge in [-0.25, -0.2) is 8.42 Å². The van der Waals surface area contributed by atoms with Gasteiger partial charge in [0, 0.05) is 17.1 Å². The largest absolute Gasteiger partial charge is 0.495 e. The number of sulfonamides is 1. The number of ether oxygens (including phenoxy) is 1. The molecule has 2 rings (SSSR count). The van der Waals surface area contributed by atoms with E-state index in [1.807, 2.05) is 0 Å². The molecule has 0 aliphatic carbocycles. The minimum atomic E-state index is -3.65. The van der Waals surface area contributed by atoms with E-state index in [1.54, 1.807) is 23.6 Å². The molecule has 0 atom stereocenters. The van der Waals surface area contributed by atoms with Crippen LogP contribution in [0.5, 0.6) is 5.75 Å². The van der Waals surface area contributed by atoms with Gasteiger partial charge in [0.2, 0.25) is 0 Å². The molecule has 0 fully saturated rings. The molecule has 1 aromatic carbocycles. The van der Waals surface area contributed by atoms with Crippen LogP contribution in [-0.2, 0) is 16.6 Å². The predicted octanol–water partition coefficient (Wildman–Crippen LogP) is 3.54. The maximum Gasteiger partial charge on any atom is 0.271 e. The van der Waals surface area contributed by atoms with Crippen LogP contribution in [0.25, 0.3) is 0 Å². The Kier molecular flexibility index (Phi) is 5.31. The first kappa shape index (κ1) is 16.8. The second-order valence-corrected chi connectivity index (χ2v) is 8.58. The molecular weight excluding hydrogens is 444 g/mol. The molecule has 114 valence electrons. The van der Waals surface area contributed by atoms with Crippen LogP contribution in [0.15, 0.2) is 36.7 Å². The third-order valence-corrected chi connectivity index (χ3v) is 6.75. The van der Waals surface area contributed by atoms with Gasteiger partial charge in [-0.1, -0.05) is 0 Å². The summed E-state index contributed by atoms with van der Waals surface area (Å²) in [5.41, 5.74) is 6.69. The van der Waals surface area contributed by atoms with Crippen molar-refractivity contribution in [2.24, 2.45) is 5.73 Å². The van der Waals surface area contributed by atoms with Gasteiger partial charge in [0.25, 0.3) is 10.0 Å². The second-order valence-electron chi connectivity index (χ2n) is 4.05. The molecule has 0 aliphatic rings. The van der Waals surface area contributed by atoms with Crippen molar-refractivity contribution in [2.45, 2.75) is 10.8 Å². The van der Waals surface area contributed by atoms with Gasteiger partial charge in [-0.3, -0.25) is 4.72 Å². The molecule has 21 heavy (non-hydrogen) atoms. The second kappa shape index (κ2) is 6.66. The Labute approximate surface area is 143 Å². The number of thiophene rings is 1. The molecule has 0 unspecified atom stereocenters. The Balaban J connectivity index is 2.36. The molecule has 0 saturated carbocycles. The number of methoxy groups -OCH3 is 1. The lowest BCUT2D eigenvalue weighted by molar-refractivity contribution is 0.412. The van der Waals surface area contributed by atoms with Crippen LogP contribution in [0.1, 0.15) is 5.56 Å². The predicted molar refractivity (Wildman–Crippen MR) is 91.4 cm³/mol. The summed E-state index contributed by atoms with van der Waals surface area (Å²) in [6.07, 6.45) is 0. The lowest BCUT2D eigenvalue weighted by Gasteiger charge is -2.11. The molecule has 0 saturated heterocycles. The van der Waals surface area contributed by atoms with Crippen molar-refractivity contribution in [3.05, 3.63) is 38.1 Å². The van der Waals surface area contributed by atoms with Gasteiger partial charge in [0.15, 0.2) is 0 Å². The Bertz CT molecular complexity index is 760. The highest BCUT2D eigenvalue weighted by Gasteiger charge is 2.19. The van der Waals surface area contributed by atoms with E-state index in [9.17, 15) is 8.42 Å². The number of halogens is 2. The lowest BCUT2D eigenvalue weighted by atomic mass is 10.3. The van der Waals surface area contributed by atoms with E-state index in [0.29, 0.717) is 22.5 Å². The third-order valence-electron chi connectivity index (χ3n) is 2.62. The minimum Gasteiger partial charge on any atom is -0.495 e. The van der Waals surface area contributed by atoms with E-state index in [-0.39, 0.29) is 4.21 Å². The summed E-state index contributed by atoms with van der Waals surface area (Å²) in [4.78, 5) is 0. The fourth-order valence-electron chi connectivity index (χ4n) is 1.56. The van der Waals surface area contributed by atoms with Crippen molar-refractivity contribution >= 4 is 58.9 Å². The summed E-state index contributed by atoms with van der Waals surface area (Å²) in [5.74, 6) is 0.532. The van der Waals surface area contributed by atoms with Crippen LogP contribution in [0, 0.1) is 0 Å². The van der Waals surface area contributed by atoms with Gasteiger partial charge in [0.1, 0.15) is 9.96 Å². The van der Waals surface area contributed by atoms with E-state index in [2.05, 4.69) is 36.6 Å². The van der Waals surface area contributed by atoms with Crippen molar-refractivity contribution in [1.29, 1.82) is 0 Å². The normalized spacial score (nSPS) is 11.4. The molecule has 0 amide bonds. The zero-order valence-corrected chi connectivity index (χ0v) is 15.7. The van der Waals surface area contributed by atoms with Crippen molar-refractivity contribution in [3.8, 4) is 5.75 Å². The standard InChI is InChI=1S/C12H12Br2N2O3S2/c1-19-11-4-10(8(13)3-9(11)14)16-21(17,18)12-2-7(5-15)6-20-12/h2-4,6,16H,5,15H2,1H3. The minimum absolute atomic E-state index is 0.219. The number of nitrogens with two attached hydrogens (primary N) is 1. The number of rotatable bonds is 5. The highest BCUT2D eigenvalue weighted by Crippen LogP contribution is 2.36. The summed E-state index contributed by atoms with van der Waals surface area (Å²) in [7, 11) is -2.14. The topological polar surface area (TPSA) is 81.4 Å². The molecule has 0 spiro atoms. The first-order chi connectivity index (χ1) is 9.87. The summed E-state index contributed by atoms with van der Waals surface area (Å²) in [5, 5.41) is 1.73. The van der Waals surface area contributed by atoms with Crippen LogP contribution < -0.4 is 15.2 Å². The number of benzene rings is 1. The molecule has 3 N–H and O–H groups in total. The van der Waals surface area contributed by atoms with Gasteiger partial charge >= 0.3 is 0 Å². The van der Waals surface area contributed by atoms with Crippen LogP contribution in [-0.4, -0.2) is 15.5 Å². The molecule has 0 radical (unpaired) electrons. The van der Waals surface area contributed by atoms with E-state index in [1.165, 1.54) is 7.11 Å². The quantitative estimate of drug-likeness (QED) is 0.722. The Hall–Kier alpha value is -0.610. The zero-order chi connectivity index (χ0) is 15.6. The van der Waals surface area contributed by atoms with Gasteiger partial charge in [0.05, 0.1) is 17.3 Å². The van der Waals surface area contributed by atoms with Gasteiger partial charge < -0.3 is 10.5 Å². The van der Waals surface area contributed by atoms with Crippen LogP contribution >= 0.6 is 43.2 Å². The number of nitrogens with one attached hydrogen (secondary N) is 1. The Morgan fingerprint density at radius 3 is 2.57 bits per heavy atom. The van der Waals surface area contributed by atoms with E-state index in [0.717, 1.165) is 21.4 Å². The van der Waals surface area contributed by atoms with Crippen molar-refractivity contribution in [3.63, 3.8) is 0 Å².